The highest BCUT2D eigenvalue weighted by Crippen LogP contribution is 2.38. The molecule has 0 bridgehead atoms. The summed E-state index contributed by atoms with van der Waals surface area (Å²) >= 11 is 1.53. The average Bonchev–Trinajstić information content (AvgIpc) is 3.05. The molecule has 0 aliphatic carbocycles. The predicted molar refractivity (Wildman–Crippen MR) is 126 cm³/mol. The Kier molecular flexibility index (Phi) is 7.33. The zero-order valence-electron chi connectivity index (χ0n) is 17.8. The second-order valence-electron chi connectivity index (χ2n) is 6.77. The molecule has 7 nitrogen and oxygen atoms in total. The van der Waals surface area contributed by atoms with Gasteiger partial charge in [0.05, 0.1) is 11.6 Å². The summed E-state index contributed by atoms with van der Waals surface area (Å²) in [6.45, 7) is 7.67. The van der Waals surface area contributed by atoms with Crippen LogP contribution in [0.5, 0.6) is 0 Å². The van der Waals surface area contributed by atoms with E-state index in [1.165, 1.54) is 11.3 Å². The third-order valence-corrected chi connectivity index (χ3v) is 6.17. The number of thiophene rings is 1. The summed E-state index contributed by atoms with van der Waals surface area (Å²) in [5, 5.41) is 1.01. The highest BCUT2D eigenvalue weighted by atomic mass is 32.2. The molecular weight excluding hydrogens is 420 g/mol. The van der Waals surface area contributed by atoms with Gasteiger partial charge in [0.25, 0.3) is 5.91 Å². The monoisotopic (exact) mass is 447 g/mol. The average molecular weight is 448 g/mol. The van der Waals surface area contributed by atoms with E-state index >= 15 is 0 Å². The second kappa shape index (κ2) is 9.36. The Morgan fingerprint density at radius 2 is 2.07 bits per heavy atom. The Balaban J connectivity index is 2.58. The van der Waals surface area contributed by atoms with Crippen molar-refractivity contribution in [2.24, 2.45) is 10.7 Å². The molecule has 160 valence electrons. The highest BCUT2D eigenvalue weighted by molar-refractivity contribution is 7.89. The van der Waals surface area contributed by atoms with Crippen LogP contribution in [-0.4, -0.2) is 51.8 Å². The molecule has 0 saturated carbocycles. The first kappa shape index (κ1) is 23.5. The number of benzene rings is 1. The summed E-state index contributed by atoms with van der Waals surface area (Å²) in [7, 11) is -0.129. The standard InChI is InChI=1S/C21H26N4O3S2/c1-7-13(11-14(8-2)21(26)24-30(6,27)28)15-9-10-16-17(12-15)29-19(20(22)23-3)18(16)25(4)5/h8-12H,4,7H2,1-3,5-6H3,(H2-,22,23,24,26)/p+1. The van der Waals surface area contributed by atoms with Crippen molar-refractivity contribution in [2.45, 2.75) is 20.3 Å². The van der Waals surface area contributed by atoms with Crippen molar-refractivity contribution in [2.75, 3.05) is 20.4 Å². The van der Waals surface area contributed by atoms with Crippen LogP contribution < -0.4 is 10.5 Å². The van der Waals surface area contributed by atoms with Gasteiger partial charge in [0, 0.05) is 17.3 Å². The fraction of sp³-hybridized carbons (Fsp3) is 0.286. The van der Waals surface area contributed by atoms with Crippen LogP contribution in [-0.2, 0) is 14.8 Å². The molecule has 3 N–H and O–H groups in total. The fourth-order valence-electron chi connectivity index (χ4n) is 3.02. The number of aliphatic imine (C=N–C) groups is 1. The van der Waals surface area contributed by atoms with E-state index in [0.29, 0.717) is 12.3 Å². The number of fused-ring (bicyclic) bond motifs is 1. The van der Waals surface area contributed by atoms with Gasteiger partial charge < -0.3 is 5.73 Å². The van der Waals surface area contributed by atoms with Crippen LogP contribution in [0.25, 0.3) is 15.7 Å². The molecule has 30 heavy (non-hydrogen) atoms. The number of nitrogens with zero attached hydrogens (tertiary/aromatic N) is 2. The van der Waals surface area contributed by atoms with E-state index in [1.807, 2.05) is 36.9 Å². The molecule has 0 unspecified atom stereocenters. The smallest absolute Gasteiger partial charge is 0.264 e. The number of nitrogens with two attached hydrogens (primary N) is 1. The maximum atomic E-state index is 12.3. The van der Waals surface area contributed by atoms with Crippen LogP contribution in [0, 0.1) is 0 Å². The number of amidine groups is 1. The Morgan fingerprint density at radius 3 is 2.57 bits per heavy atom. The number of allylic oxidation sites excluding steroid dienone is 2. The number of hydrogen-bond donors (Lipinski definition) is 2. The summed E-state index contributed by atoms with van der Waals surface area (Å²) in [6.07, 6.45) is 4.92. The molecule has 1 aromatic carbocycles. The summed E-state index contributed by atoms with van der Waals surface area (Å²) in [5.74, 6) is -0.207. The number of carbonyl (C=O) groups is 1. The fourth-order valence-corrected chi connectivity index (χ4v) is 4.71. The lowest BCUT2D eigenvalue weighted by atomic mass is 9.99. The molecule has 2 aromatic rings. The molecule has 1 aromatic heterocycles. The Bertz CT molecular complexity index is 1200. The van der Waals surface area contributed by atoms with Crippen LogP contribution in [0.15, 0.2) is 40.9 Å². The molecule has 0 saturated heterocycles. The van der Waals surface area contributed by atoms with Crippen molar-refractivity contribution in [3.05, 3.63) is 46.4 Å². The van der Waals surface area contributed by atoms with E-state index in [-0.39, 0.29) is 5.57 Å². The maximum Gasteiger partial charge on any atom is 0.264 e. The van der Waals surface area contributed by atoms with Crippen LogP contribution >= 0.6 is 11.3 Å². The van der Waals surface area contributed by atoms with E-state index < -0.39 is 15.9 Å². The Labute approximate surface area is 181 Å². The first-order chi connectivity index (χ1) is 14.0. The molecule has 1 heterocycles. The van der Waals surface area contributed by atoms with Gasteiger partial charge in [-0.25, -0.2) is 17.7 Å². The van der Waals surface area contributed by atoms with Gasteiger partial charge in [-0.2, -0.15) is 0 Å². The van der Waals surface area contributed by atoms with Crippen molar-refractivity contribution in [1.29, 1.82) is 0 Å². The highest BCUT2D eigenvalue weighted by Gasteiger charge is 2.22. The number of nitrogens with one attached hydrogen (secondary N) is 1. The van der Waals surface area contributed by atoms with Gasteiger partial charge in [-0.05, 0) is 42.7 Å². The summed E-state index contributed by atoms with van der Waals surface area (Å²) in [5.41, 5.74) is 9.12. The van der Waals surface area contributed by atoms with Gasteiger partial charge >= 0.3 is 0 Å². The minimum atomic E-state index is -3.64. The largest absolute Gasteiger partial charge is 0.383 e. The van der Waals surface area contributed by atoms with Crippen LogP contribution in [0.1, 0.15) is 30.7 Å². The number of carbonyl (C=O) groups excluding carboxylic acids is 1. The van der Waals surface area contributed by atoms with Gasteiger partial charge in [-0.15, -0.1) is 11.3 Å². The van der Waals surface area contributed by atoms with Crippen LogP contribution in [0.3, 0.4) is 0 Å². The molecule has 2 rings (SSSR count). The molecule has 1 amide bonds. The summed E-state index contributed by atoms with van der Waals surface area (Å²) in [6, 6.07) is 6.01. The predicted octanol–water partition coefficient (Wildman–Crippen LogP) is 3.03. The minimum absolute atomic E-state index is 0.282. The third kappa shape index (κ3) is 5.22. The molecular formula is C21H27N4O3S2+. The number of amides is 1. The van der Waals surface area contributed by atoms with E-state index in [1.54, 1.807) is 30.7 Å². The normalized spacial score (nSPS) is 13.6. The first-order valence-corrected chi connectivity index (χ1v) is 12.0. The lowest BCUT2D eigenvalue weighted by molar-refractivity contribution is -0.392. The SMILES string of the molecule is C=[N+](C)c1c(C(N)=NC)sc2cc(C(=CC(=CC)C(=O)NS(C)(=O)=O)CC)ccc12. The Morgan fingerprint density at radius 1 is 1.40 bits per heavy atom. The summed E-state index contributed by atoms with van der Waals surface area (Å²) < 4.78 is 27.6. The second-order valence-corrected chi connectivity index (χ2v) is 9.57. The number of sulfonamides is 1. The van der Waals surface area contributed by atoms with E-state index in [2.05, 4.69) is 11.7 Å². The van der Waals surface area contributed by atoms with Gasteiger partial charge in [-0.3, -0.25) is 9.79 Å². The quantitative estimate of drug-likeness (QED) is 0.224. The van der Waals surface area contributed by atoms with Crippen molar-refractivity contribution in [3.8, 4) is 0 Å². The van der Waals surface area contributed by atoms with E-state index in [4.69, 9.17) is 5.73 Å². The molecule has 0 radical (unpaired) electrons. The first-order valence-electron chi connectivity index (χ1n) is 9.25. The maximum absolute atomic E-state index is 12.3. The van der Waals surface area contributed by atoms with Gasteiger partial charge in [0.2, 0.25) is 15.7 Å². The van der Waals surface area contributed by atoms with Crippen molar-refractivity contribution < 1.29 is 17.8 Å². The molecule has 0 aliphatic heterocycles. The van der Waals surface area contributed by atoms with Gasteiger partial charge in [-0.1, -0.05) is 19.1 Å². The topological polar surface area (TPSA) is 105 Å². The number of hydrogen-bond acceptors (Lipinski definition) is 5. The van der Waals surface area contributed by atoms with Gasteiger partial charge in [0.1, 0.15) is 24.5 Å². The zero-order chi connectivity index (χ0) is 22.6. The number of rotatable bonds is 7. The van der Waals surface area contributed by atoms with Crippen LogP contribution in [0.2, 0.25) is 0 Å². The van der Waals surface area contributed by atoms with E-state index in [9.17, 15) is 13.2 Å². The van der Waals surface area contributed by atoms with Crippen molar-refractivity contribution in [3.63, 3.8) is 0 Å². The zero-order valence-corrected chi connectivity index (χ0v) is 19.4. The van der Waals surface area contributed by atoms with Crippen molar-refractivity contribution in [1.82, 2.24) is 4.72 Å². The molecule has 0 atom stereocenters. The molecule has 0 aliphatic rings. The Hall–Kier alpha value is -2.78. The molecule has 0 spiro atoms. The lowest BCUT2D eigenvalue weighted by Gasteiger charge is -2.08. The summed E-state index contributed by atoms with van der Waals surface area (Å²) in [4.78, 5) is 17.2. The molecule has 9 heteroatoms. The third-order valence-electron chi connectivity index (χ3n) is 4.45. The van der Waals surface area contributed by atoms with Crippen molar-refractivity contribution >= 4 is 61.2 Å². The minimum Gasteiger partial charge on any atom is -0.383 e. The lowest BCUT2D eigenvalue weighted by Crippen LogP contribution is -2.30. The molecule has 0 fully saturated rings. The van der Waals surface area contributed by atoms with Crippen LogP contribution in [0.4, 0.5) is 5.69 Å². The van der Waals surface area contributed by atoms with Gasteiger partial charge in [0.15, 0.2) is 0 Å². The van der Waals surface area contributed by atoms with E-state index in [0.717, 1.165) is 38.0 Å².